The number of aromatic nitrogens is 5. The third-order valence-corrected chi connectivity index (χ3v) is 8.18. The molecular formula is C31H27Cl2N7O2. The molecule has 1 fully saturated rings. The van der Waals surface area contributed by atoms with Crippen molar-refractivity contribution in [3.8, 4) is 16.9 Å². The largest absolute Gasteiger partial charge is 0.352 e. The van der Waals surface area contributed by atoms with Gasteiger partial charge in [-0.05, 0) is 35.4 Å². The number of hydrogen-bond acceptors (Lipinski definition) is 5. The summed E-state index contributed by atoms with van der Waals surface area (Å²) < 4.78 is 3.68. The number of nitrogens with zero attached hydrogens (tertiary/aromatic N) is 6. The lowest BCUT2D eigenvalue weighted by Gasteiger charge is -2.25. The lowest BCUT2D eigenvalue weighted by Crippen LogP contribution is -2.34. The fourth-order valence-electron chi connectivity index (χ4n) is 5.27. The molecule has 1 aliphatic rings. The van der Waals surface area contributed by atoms with E-state index in [0.717, 1.165) is 33.8 Å². The first kappa shape index (κ1) is 27.7. The van der Waals surface area contributed by atoms with Gasteiger partial charge < -0.3 is 14.8 Å². The van der Waals surface area contributed by atoms with Crippen LogP contribution in [0.2, 0.25) is 10.0 Å². The molecule has 5 aromatic rings. The molecule has 2 amide bonds. The molecule has 3 heterocycles. The van der Waals surface area contributed by atoms with Gasteiger partial charge in [-0.3, -0.25) is 9.59 Å². The van der Waals surface area contributed by atoms with E-state index in [4.69, 9.17) is 23.2 Å². The molecule has 11 heteroatoms. The van der Waals surface area contributed by atoms with Gasteiger partial charge in [0.25, 0.3) is 0 Å². The quantitative estimate of drug-likeness (QED) is 0.260. The number of likely N-dealkylation sites (tertiary alicyclic amines) is 1. The highest BCUT2D eigenvalue weighted by molar-refractivity contribution is 6.42. The van der Waals surface area contributed by atoms with Crippen LogP contribution in [0.1, 0.15) is 29.3 Å². The van der Waals surface area contributed by atoms with Crippen LogP contribution < -0.4 is 5.32 Å². The summed E-state index contributed by atoms with van der Waals surface area (Å²) in [6, 6.07) is 22.5. The van der Waals surface area contributed by atoms with Crippen LogP contribution >= 0.6 is 23.2 Å². The molecule has 0 radical (unpaired) electrons. The average Bonchev–Trinajstić information content (AvgIpc) is 3.74. The van der Waals surface area contributed by atoms with Gasteiger partial charge in [0, 0.05) is 31.8 Å². The molecule has 2 atom stereocenters. The van der Waals surface area contributed by atoms with Crippen LogP contribution in [0.4, 0.5) is 0 Å². The maximum absolute atomic E-state index is 13.3. The zero-order valence-electron chi connectivity index (χ0n) is 22.7. The number of carbonyl (C=O) groups excluding carboxylic acids is 2. The van der Waals surface area contributed by atoms with Crippen molar-refractivity contribution in [2.24, 2.45) is 5.92 Å². The summed E-state index contributed by atoms with van der Waals surface area (Å²) >= 11 is 12.3. The molecule has 42 heavy (non-hydrogen) atoms. The van der Waals surface area contributed by atoms with Gasteiger partial charge >= 0.3 is 0 Å². The molecule has 6 rings (SSSR count). The Morgan fingerprint density at radius 3 is 2.64 bits per heavy atom. The number of amides is 2. The first-order valence-corrected chi connectivity index (χ1v) is 14.2. The van der Waals surface area contributed by atoms with E-state index in [-0.39, 0.29) is 18.2 Å². The fourth-order valence-corrected chi connectivity index (χ4v) is 5.58. The van der Waals surface area contributed by atoms with Crippen molar-refractivity contribution in [3.63, 3.8) is 0 Å². The summed E-state index contributed by atoms with van der Waals surface area (Å²) in [4.78, 5) is 31.9. The van der Waals surface area contributed by atoms with Crippen molar-refractivity contribution in [1.29, 1.82) is 0 Å². The molecule has 3 aromatic carbocycles. The maximum atomic E-state index is 13.3. The smallest absolute Gasteiger partial charge is 0.226 e. The van der Waals surface area contributed by atoms with E-state index >= 15 is 0 Å². The lowest BCUT2D eigenvalue weighted by molar-refractivity contribution is -0.128. The van der Waals surface area contributed by atoms with Crippen molar-refractivity contribution >= 4 is 35.0 Å². The van der Waals surface area contributed by atoms with Gasteiger partial charge in [-0.25, -0.2) is 9.67 Å². The molecule has 9 nitrogen and oxygen atoms in total. The molecule has 1 N–H and O–H groups in total. The van der Waals surface area contributed by atoms with Crippen molar-refractivity contribution in [1.82, 2.24) is 34.8 Å². The summed E-state index contributed by atoms with van der Waals surface area (Å²) in [5, 5.41) is 12.4. The minimum Gasteiger partial charge on any atom is -0.352 e. The van der Waals surface area contributed by atoms with Crippen LogP contribution in [0.3, 0.4) is 0 Å². The standard InChI is InChI=1S/C31H27Cl2N7O2/c1-38-29(41)14-25(30(38)22-10-11-26(32)27(33)13-22)31(42)34-15-20-6-5-9-24(12-20)40-17-23(36-37-40)16-39-18-28(35-19-39)21-7-3-2-4-8-21/h2-13,17-19,25,30H,14-16H2,1H3,(H,34,42). The Morgan fingerprint density at radius 1 is 1.00 bits per heavy atom. The van der Waals surface area contributed by atoms with Crippen molar-refractivity contribution < 1.29 is 9.59 Å². The monoisotopic (exact) mass is 599 g/mol. The molecule has 2 aromatic heterocycles. The number of carbonyl (C=O) groups is 2. The van der Waals surface area contributed by atoms with Gasteiger partial charge in [0.1, 0.15) is 5.69 Å². The Bertz CT molecular complexity index is 1750. The Balaban J connectivity index is 1.11. The van der Waals surface area contributed by atoms with E-state index in [1.165, 1.54) is 0 Å². The zero-order valence-corrected chi connectivity index (χ0v) is 24.2. The van der Waals surface area contributed by atoms with Crippen LogP contribution in [0.15, 0.2) is 91.5 Å². The minimum absolute atomic E-state index is 0.0952. The SMILES string of the molecule is CN1C(=O)CC(C(=O)NCc2cccc(-n3cc(Cn4cnc(-c5ccccc5)c4)nn3)c2)C1c1ccc(Cl)c(Cl)c1. The van der Waals surface area contributed by atoms with Gasteiger partial charge in [-0.1, -0.05) is 76.9 Å². The topological polar surface area (TPSA) is 97.9 Å². The zero-order chi connectivity index (χ0) is 29.2. The molecule has 0 bridgehead atoms. The van der Waals surface area contributed by atoms with E-state index in [2.05, 4.69) is 20.6 Å². The first-order valence-electron chi connectivity index (χ1n) is 13.4. The molecule has 0 saturated carbocycles. The second-order valence-corrected chi connectivity index (χ2v) is 11.1. The lowest BCUT2D eigenvalue weighted by atomic mass is 9.93. The van der Waals surface area contributed by atoms with E-state index < -0.39 is 12.0 Å². The van der Waals surface area contributed by atoms with Gasteiger partial charge in [0.05, 0.1) is 52.5 Å². The molecule has 1 aliphatic heterocycles. The van der Waals surface area contributed by atoms with Crippen LogP contribution in [-0.4, -0.2) is 48.3 Å². The van der Waals surface area contributed by atoms with Crippen LogP contribution in [0.5, 0.6) is 0 Å². The summed E-state index contributed by atoms with van der Waals surface area (Å²) in [5.41, 5.74) is 5.22. The maximum Gasteiger partial charge on any atom is 0.226 e. The van der Waals surface area contributed by atoms with Gasteiger partial charge in [-0.15, -0.1) is 5.10 Å². The molecule has 2 unspecified atom stereocenters. The fraction of sp³-hybridized carbons (Fsp3) is 0.194. The van der Waals surface area contributed by atoms with Crippen LogP contribution in [0, 0.1) is 5.92 Å². The number of rotatable bonds is 8. The highest BCUT2D eigenvalue weighted by Gasteiger charge is 2.42. The summed E-state index contributed by atoms with van der Waals surface area (Å²) in [6.07, 6.45) is 5.77. The summed E-state index contributed by atoms with van der Waals surface area (Å²) in [5.74, 6) is -0.846. The number of benzene rings is 3. The number of nitrogens with one attached hydrogen (secondary N) is 1. The first-order chi connectivity index (χ1) is 20.4. The molecule has 1 saturated heterocycles. The highest BCUT2D eigenvalue weighted by atomic mass is 35.5. The third-order valence-electron chi connectivity index (χ3n) is 7.44. The van der Waals surface area contributed by atoms with E-state index in [0.29, 0.717) is 23.1 Å². The van der Waals surface area contributed by atoms with E-state index in [1.54, 1.807) is 41.2 Å². The van der Waals surface area contributed by atoms with Crippen molar-refractivity contribution in [3.05, 3.63) is 118 Å². The highest BCUT2D eigenvalue weighted by Crippen LogP contribution is 2.39. The molecule has 212 valence electrons. The third kappa shape index (κ3) is 5.79. The van der Waals surface area contributed by atoms with Gasteiger partial charge in [0.15, 0.2) is 0 Å². The van der Waals surface area contributed by atoms with Crippen LogP contribution in [0.25, 0.3) is 16.9 Å². The molecular weight excluding hydrogens is 573 g/mol. The van der Waals surface area contributed by atoms with Gasteiger partial charge in [-0.2, -0.15) is 0 Å². The Labute approximate surface area is 252 Å². The Hall–Kier alpha value is -4.47. The Kier molecular flexibility index (Phi) is 7.78. The number of halogens is 2. The van der Waals surface area contributed by atoms with Crippen LogP contribution in [-0.2, 0) is 22.7 Å². The summed E-state index contributed by atoms with van der Waals surface area (Å²) in [7, 11) is 1.70. The summed E-state index contributed by atoms with van der Waals surface area (Å²) in [6.45, 7) is 0.832. The molecule has 0 aliphatic carbocycles. The van der Waals surface area contributed by atoms with E-state index in [9.17, 15) is 9.59 Å². The number of hydrogen-bond donors (Lipinski definition) is 1. The second kappa shape index (κ2) is 11.8. The molecule has 0 spiro atoms. The average molecular weight is 601 g/mol. The predicted octanol–water partition coefficient (Wildman–Crippen LogP) is 5.32. The minimum atomic E-state index is -0.550. The second-order valence-electron chi connectivity index (χ2n) is 10.3. The predicted molar refractivity (Wildman–Crippen MR) is 160 cm³/mol. The number of imidazole rings is 1. The normalized spacial score (nSPS) is 16.6. The van der Waals surface area contributed by atoms with Crippen molar-refractivity contribution in [2.75, 3.05) is 7.05 Å². The van der Waals surface area contributed by atoms with Gasteiger partial charge in [0.2, 0.25) is 11.8 Å². The van der Waals surface area contributed by atoms with E-state index in [1.807, 2.05) is 71.6 Å². The van der Waals surface area contributed by atoms with Crippen molar-refractivity contribution in [2.45, 2.75) is 25.6 Å². The Morgan fingerprint density at radius 2 is 1.83 bits per heavy atom.